The van der Waals surface area contributed by atoms with Gasteiger partial charge < -0.3 is 9.84 Å². The Labute approximate surface area is 128 Å². The molecule has 0 saturated carbocycles. The van der Waals surface area contributed by atoms with Crippen molar-refractivity contribution in [1.82, 2.24) is 20.4 Å². The zero-order valence-corrected chi connectivity index (χ0v) is 12.8. The molecule has 1 N–H and O–H groups in total. The molecule has 21 heavy (non-hydrogen) atoms. The Balaban J connectivity index is 1.56. The van der Waals surface area contributed by atoms with Crippen molar-refractivity contribution in [3.8, 4) is 0 Å². The molecule has 0 bridgehead atoms. The van der Waals surface area contributed by atoms with Crippen LogP contribution in [0, 0.1) is 6.92 Å². The van der Waals surface area contributed by atoms with E-state index in [2.05, 4.69) is 20.4 Å². The van der Waals surface area contributed by atoms with Gasteiger partial charge in [0.1, 0.15) is 5.69 Å². The molecular formula is C13H12N4O2S2. The summed E-state index contributed by atoms with van der Waals surface area (Å²) in [6, 6.07) is 4.00. The number of carbonyl (C=O) groups excluding carboxylic acids is 1. The zero-order chi connectivity index (χ0) is 14.7. The molecule has 0 spiro atoms. The van der Waals surface area contributed by atoms with Gasteiger partial charge in [0.05, 0.1) is 11.6 Å². The predicted molar refractivity (Wildman–Crippen MR) is 79.4 cm³/mol. The van der Waals surface area contributed by atoms with Gasteiger partial charge in [0.25, 0.3) is 5.91 Å². The highest BCUT2D eigenvalue weighted by Gasteiger charge is 2.12. The Hall–Kier alpha value is -2.06. The number of carbonyl (C=O) groups is 1. The van der Waals surface area contributed by atoms with E-state index < -0.39 is 0 Å². The van der Waals surface area contributed by atoms with E-state index in [9.17, 15) is 4.79 Å². The van der Waals surface area contributed by atoms with E-state index in [1.807, 2.05) is 24.4 Å². The molecule has 0 aromatic carbocycles. The van der Waals surface area contributed by atoms with E-state index in [4.69, 9.17) is 4.52 Å². The maximum absolute atomic E-state index is 11.8. The first kappa shape index (κ1) is 13.9. The van der Waals surface area contributed by atoms with Crippen LogP contribution in [-0.2, 0) is 13.0 Å². The van der Waals surface area contributed by atoms with Crippen LogP contribution in [0.4, 0.5) is 0 Å². The molecule has 0 aliphatic heterocycles. The highest BCUT2D eigenvalue weighted by molar-refractivity contribution is 7.10. The second-order valence-electron chi connectivity index (χ2n) is 4.29. The van der Waals surface area contributed by atoms with Crippen LogP contribution in [-0.4, -0.2) is 21.0 Å². The van der Waals surface area contributed by atoms with Crippen molar-refractivity contribution in [2.45, 2.75) is 19.9 Å². The van der Waals surface area contributed by atoms with E-state index in [0.29, 0.717) is 23.8 Å². The molecule has 0 aliphatic rings. The van der Waals surface area contributed by atoms with Gasteiger partial charge in [0.2, 0.25) is 5.89 Å². The molecule has 8 heteroatoms. The lowest BCUT2D eigenvalue weighted by Gasteiger charge is -1.97. The fourth-order valence-electron chi connectivity index (χ4n) is 1.72. The second-order valence-corrected chi connectivity index (χ2v) is 6.39. The summed E-state index contributed by atoms with van der Waals surface area (Å²) >= 11 is 3.08. The average Bonchev–Trinajstić information content (AvgIpc) is 3.19. The number of hydrogen-bond donors (Lipinski definition) is 1. The molecule has 6 nitrogen and oxygen atoms in total. The summed E-state index contributed by atoms with van der Waals surface area (Å²) in [5.41, 5.74) is 0.413. The van der Waals surface area contributed by atoms with Gasteiger partial charge in [0.15, 0.2) is 5.82 Å². The Morgan fingerprint density at radius 2 is 2.29 bits per heavy atom. The van der Waals surface area contributed by atoms with Crippen LogP contribution in [0.25, 0.3) is 0 Å². The summed E-state index contributed by atoms with van der Waals surface area (Å²) in [5.74, 6) is 0.769. The van der Waals surface area contributed by atoms with Crippen molar-refractivity contribution in [3.63, 3.8) is 0 Å². The van der Waals surface area contributed by atoms with Crippen molar-refractivity contribution >= 4 is 28.6 Å². The van der Waals surface area contributed by atoms with Gasteiger partial charge in [0, 0.05) is 16.7 Å². The van der Waals surface area contributed by atoms with Gasteiger partial charge >= 0.3 is 0 Å². The van der Waals surface area contributed by atoms with Gasteiger partial charge in [-0.3, -0.25) is 4.79 Å². The molecule has 3 heterocycles. The maximum atomic E-state index is 11.8. The quantitative estimate of drug-likeness (QED) is 0.781. The largest absolute Gasteiger partial charge is 0.342 e. The molecule has 108 valence electrons. The van der Waals surface area contributed by atoms with E-state index in [-0.39, 0.29) is 12.5 Å². The van der Waals surface area contributed by atoms with Crippen molar-refractivity contribution in [2.75, 3.05) is 0 Å². The minimum Gasteiger partial charge on any atom is -0.342 e. The Morgan fingerprint density at radius 1 is 1.38 bits per heavy atom. The Morgan fingerprint density at radius 3 is 3.00 bits per heavy atom. The molecule has 3 aromatic rings. The van der Waals surface area contributed by atoms with Crippen molar-refractivity contribution in [1.29, 1.82) is 0 Å². The van der Waals surface area contributed by atoms with Crippen LogP contribution in [0.5, 0.6) is 0 Å². The number of aryl methyl sites for hydroxylation is 1. The predicted octanol–water partition coefficient (Wildman–Crippen LogP) is 2.42. The van der Waals surface area contributed by atoms with Crippen molar-refractivity contribution < 1.29 is 9.32 Å². The standard InChI is InChI=1S/C13H12N4O2S2/c1-8-15-10(7-21-8)13(18)14-6-12-16-11(17-19-12)5-9-3-2-4-20-9/h2-4,7H,5-6H2,1H3,(H,14,18). The normalized spacial score (nSPS) is 10.7. The summed E-state index contributed by atoms with van der Waals surface area (Å²) in [5, 5.41) is 11.2. The van der Waals surface area contributed by atoms with Gasteiger partial charge in [-0.15, -0.1) is 22.7 Å². The van der Waals surface area contributed by atoms with Gasteiger partial charge in [-0.2, -0.15) is 4.98 Å². The molecule has 0 atom stereocenters. The molecule has 0 fully saturated rings. The summed E-state index contributed by atoms with van der Waals surface area (Å²) in [4.78, 5) is 21.4. The van der Waals surface area contributed by atoms with E-state index >= 15 is 0 Å². The first-order valence-electron chi connectivity index (χ1n) is 6.25. The number of nitrogens with one attached hydrogen (secondary N) is 1. The Kier molecular flexibility index (Phi) is 4.07. The molecule has 3 rings (SSSR count). The summed E-state index contributed by atoms with van der Waals surface area (Å²) < 4.78 is 5.12. The van der Waals surface area contributed by atoms with Crippen LogP contribution < -0.4 is 5.32 Å². The minimum atomic E-state index is -0.239. The smallest absolute Gasteiger partial charge is 0.271 e. The van der Waals surface area contributed by atoms with E-state index in [0.717, 1.165) is 5.01 Å². The summed E-state index contributed by atoms with van der Waals surface area (Å²) in [7, 11) is 0. The molecule has 0 radical (unpaired) electrons. The highest BCUT2D eigenvalue weighted by Crippen LogP contribution is 2.13. The van der Waals surface area contributed by atoms with Crippen molar-refractivity contribution in [2.24, 2.45) is 0 Å². The molecule has 0 saturated heterocycles. The molecule has 0 aliphatic carbocycles. The minimum absolute atomic E-state index is 0.201. The van der Waals surface area contributed by atoms with E-state index in [1.54, 1.807) is 16.7 Å². The lowest BCUT2D eigenvalue weighted by molar-refractivity contribution is 0.0942. The molecule has 0 unspecified atom stereocenters. The number of rotatable bonds is 5. The zero-order valence-electron chi connectivity index (χ0n) is 11.2. The van der Waals surface area contributed by atoms with Gasteiger partial charge in [-0.25, -0.2) is 4.98 Å². The lowest BCUT2D eigenvalue weighted by Crippen LogP contribution is -2.23. The van der Waals surface area contributed by atoms with Gasteiger partial charge in [-0.05, 0) is 18.4 Å². The summed E-state index contributed by atoms with van der Waals surface area (Å²) in [6.07, 6.45) is 0.639. The van der Waals surface area contributed by atoms with Crippen molar-refractivity contribution in [3.05, 3.63) is 50.2 Å². The number of hydrogen-bond acceptors (Lipinski definition) is 7. The van der Waals surface area contributed by atoms with Gasteiger partial charge in [-0.1, -0.05) is 11.2 Å². The first-order valence-corrected chi connectivity index (χ1v) is 8.01. The van der Waals surface area contributed by atoms with Crippen LogP contribution >= 0.6 is 22.7 Å². The fourth-order valence-corrected chi connectivity index (χ4v) is 3.01. The molecule has 1 amide bonds. The summed E-state index contributed by atoms with van der Waals surface area (Å²) in [6.45, 7) is 2.06. The van der Waals surface area contributed by atoms with Crippen LogP contribution in [0.2, 0.25) is 0 Å². The first-order chi connectivity index (χ1) is 10.2. The SMILES string of the molecule is Cc1nc(C(=O)NCc2nc(Cc3cccs3)no2)cs1. The second kappa shape index (κ2) is 6.15. The third-order valence-corrected chi connectivity index (χ3v) is 4.32. The number of nitrogens with zero attached hydrogens (tertiary/aromatic N) is 3. The third-order valence-electron chi connectivity index (χ3n) is 2.67. The van der Waals surface area contributed by atoms with Crippen LogP contribution in [0.1, 0.15) is 32.1 Å². The topological polar surface area (TPSA) is 80.9 Å². The lowest BCUT2D eigenvalue weighted by atomic mass is 10.3. The highest BCUT2D eigenvalue weighted by atomic mass is 32.1. The maximum Gasteiger partial charge on any atom is 0.271 e. The monoisotopic (exact) mass is 320 g/mol. The van der Waals surface area contributed by atoms with Crippen LogP contribution in [0.15, 0.2) is 27.4 Å². The fraction of sp³-hybridized carbons (Fsp3) is 0.231. The molecular weight excluding hydrogens is 308 g/mol. The van der Waals surface area contributed by atoms with Crippen LogP contribution in [0.3, 0.4) is 0 Å². The van der Waals surface area contributed by atoms with E-state index in [1.165, 1.54) is 16.2 Å². The third kappa shape index (κ3) is 3.53. The number of amides is 1. The Bertz CT molecular complexity index is 733. The number of aromatic nitrogens is 3. The molecule has 3 aromatic heterocycles. The average molecular weight is 320 g/mol. The number of thiophene rings is 1. The number of thiazole rings is 1.